The number of nitrogens with zero attached hydrogens (tertiary/aromatic N) is 2. The summed E-state index contributed by atoms with van der Waals surface area (Å²) in [6.07, 6.45) is 3.42. The highest BCUT2D eigenvalue weighted by molar-refractivity contribution is 5.41. The SMILES string of the molecule is CC(c1ccccc1[N+](=O)[O-])N1CCCCC1CN. The molecule has 0 radical (unpaired) electrons. The molecule has 2 unspecified atom stereocenters. The average molecular weight is 263 g/mol. The predicted octanol–water partition coefficient (Wildman–Crippen LogP) is 2.47. The molecule has 19 heavy (non-hydrogen) atoms. The lowest BCUT2D eigenvalue weighted by molar-refractivity contribution is -0.386. The standard InChI is InChI=1S/C14H21N3O2/c1-11(16-9-5-4-6-12(16)10-15)13-7-2-3-8-14(13)17(18)19/h2-3,7-8,11-12H,4-6,9-10,15H2,1H3. The maximum absolute atomic E-state index is 11.1. The summed E-state index contributed by atoms with van der Waals surface area (Å²) in [5.74, 6) is 0. The highest BCUT2D eigenvalue weighted by atomic mass is 16.6. The molecule has 0 aliphatic carbocycles. The zero-order valence-electron chi connectivity index (χ0n) is 11.3. The molecule has 2 atom stereocenters. The fourth-order valence-electron chi connectivity index (χ4n) is 2.97. The Morgan fingerprint density at radius 3 is 2.89 bits per heavy atom. The van der Waals surface area contributed by atoms with Crippen molar-refractivity contribution in [3.8, 4) is 0 Å². The van der Waals surface area contributed by atoms with Crippen molar-refractivity contribution in [3.63, 3.8) is 0 Å². The third-order valence-electron chi connectivity index (χ3n) is 4.03. The molecule has 0 spiro atoms. The van der Waals surface area contributed by atoms with Gasteiger partial charge in [-0.1, -0.05) is 24.6 Å². The van der Waals surface area contributed by atoms with E-state index in [-0.39, 0.29) is 16.7 Å². The second-order valence-corrected chi connectivity index (χ2v) is 5.12. The summed E-state index contributed by atoms with van der Waals surface area (Å²) in [5, 5.41) is 11.1. The van der Waals surface area contributed by atoms with Crippen LogP contribution in [0.3, 0.4) is 0 Å². The number of rotatable bonds is 4. The zero-order chi connectivity index (χ0) is 13.8. The van der Waals surface area contributed by atoms with Crippen LogP contribution in [0, 0.1) is 10.1 Å². The number of para-hydroxylation sites is 1. The first-order valence-electron chi connectivity index (χ1n) is 6.84. The summed E-state index contributed by atoms with van der Waals surface area (Å²) < 4.78 is 0. The van der Waals surface area contributed by atoms with Crippen molar-refractivity contribution in [3.05, 3.63) is 39.9 Å². The van der Waals surface area contributed by atoms with E-state index in [1.807, 2.05) is 19.1 Å². The van der Waals surface area contributed by atoms with Gasteiger partial charge in [-0.2, -0.15) is 0 Å². The maximum atomic E-state index is 11.1. The Balaban J connectivity index is 2.27. The zero-order valence-corrected chi connectivity index (χ0v) is 11.3. The summed E-state index contributed by atoms with van der Waals surface area (Å²) in [4.78, 5) is 13.1. The Morgan fingerprint density at radius 2 is 2.21 bits per heavy atom. The van der Waals surface area contributed by atoms with Crippen LogP contribution in [0.5, 0.6) is 0 Å². The molecule has 0 amide bonds. The molecule has 0 aromatic heterocycles. The van der Waals surface area contributed by atoms with Crippen LogP contribution in [0.15, 0.2) is 24.3 Å². The second-order valence-electron chi connectivity index (χ2n) is 5.12. The molecule has 104 valence electrons. The van der Waals surface area contributed by atoms with E-state index in [1.54, 1.807) is 12.1 Å². The fourth-order valence-corrected chi connectivity index (χ4v) is 2.97. The minimum Gasteiger partial charge on any atom is -0.329 e. The first kappa shape index (κ1) is 14.0. The smallest absolute Gasteiger partial charge is 0.274 e. The van der Waals surface area contributed by atoms with E-state index >= 15 is 0 Å². The molecule has 1 fully saturated rings. The topological polar surface area (TPSA) is 72.4 Å². The van der Waals surface area contributed by atoms with Crippen molar-refractivity contribution in [2.45, 2.75) is 38.3 Å². The maximum Gasteiger partial charge on any atom is 0.274 e. The molecular formula is C14H21N3O2. The van der Waals surface area contributed by atoms with E-state index in [1.165, 1.54) is 6.42 Å². The number of hydrogen-bond acceptors (Lipinski definition) is 4. The highest BCUT2D eigenvalue weighted by Gasteiger charge is 2.29. The molecule has 1 aromatic rings. The molecule has 5 heteroatoms. The second kappa shape index (κ2) is 6.12. The molecule has 0 bridgehead atoms. The van der Waals surface area contributed by atoms with E-state index in [2.05, 4.69) is 4.90 Å². The van der Waals surface area contributed by atoms with Gasteiger partial charge in [0, 0.05) is 30.3 Å². The molecule has 1 saturated heterocycles. The number of piperidine rings is 1. The summed E-state index contributed by atoms with van der Waals surface area (Å²) in [5.41, 5.74) is 6.82. The van der Waals surface area contributed by atoms with E-state index in [0.29, 0.717) is 12.6 Å². The van der Waals surface area contributed by atoms with Crippen molar-refractivity contribution < 1.29 is 4.92 Å². The summed E-state index contributed by atoms with van der Waals surface area (Å²) in [7, 11) is 0. The molecule has 2 rings (SSSR count). The van der Waals surface area contributed by atoms with Gasteiger partial charge < -0.3 is 5.73 Å². The van der Waals surface area contributed by atoms with Gasteiger partial charge >= 0.3 is 0 Å². The molecule has 1 heterocycles. The van der Waals surface area contributed by atoms with Crippen LogP contribution in [0.1, 0.15) is 37.8 Å². The van der Waals surface area contributed by atoms with Crippen molar-refractivity contribution in [2.75, 3.05) is 13.1 Å². The van der Waals surface area contributed by atoms with Gasteiger partial charge in [0.25, 0.3) is 5.69 Å². The van der Waals surface area contributed by atoms with E-state index in [9.17, 15) is 10.1 Å². The number of benzene rings is 1. The molecule has 1 aliphatic rings. The van der Waals surface area contributed by atoms with Gasteiger partial charge in [-0.25, -0.2) is 0 Å². The molecule has 1 aromatic carbocycles. The monoisotopic (exact) mass is 263 g/mol. The van der Waals surface area contributed by atoms with Crippen molar-refractivity contribution >= 4 is 5.69 Å². The van der Waals surface area contributed by atoms with Gasteiger partial charge in [0.15, 0.2) is 0 Å². The molecule has 5 nitrogen and oxygen atoms in total. The molecule has 2 N–H and O–H groups in total. The van der Waals surface area contributed by atoms with E-state index in [0.717, 1.165) is 24.9 Å². The first-order valence-corrected chi connectivity index (χ1v) is 6.84. The van der Waals surface area contributed by atoms with Crippen molar-refractivity contribution in [1.82, 2.24) is 4.90 Å². The highest BCUT2D eigenvalue weighted by Crippen LogP contribution is 2.32. The van der Waals surface area contributed by atoms with Gasteiger partial charge in [-0.05, 0) is 26.3 Å². The third-order valence-corrected chi connectivity index (χ3v) is 4.03. The van der Waals surface area contributed by atoms with Gasteiger partial charge in [-0.15, -0.1) is 0 Å². The summed E-state index contributed by atoms with van der Waals surface area (Å²) in [6.45, 7) is 3.62. The van der Waals surface area contributed by atoms with E-state index < -0.39 is 0 Å². The van der Waals surface area contributed by atoms with Crippen LogP contribution in [0.2, 0.25) is 0 Å². The van der Waals surface area contributed by atoms with Crippen LogP contribution >= 0.6 is 0 Å². The molecular weight excluding hydrogens is 242 g/mol. The van der Waals surface area contributed by atoms with Gasteiger partial charge in [0.05, 0.1) is 4.92 Å². The van der Waals surface area contributed by atoms with Crippen LogP contribution in [0.25, 0.3) is 0 Å². The lowest BCUT2D eigenvalue weighted by Gasteiger charge is -2.39. The van der Waals surface area contributed by atoms with Gasteiger partial charge in [0.1, 0.15) is 0 Å². The minimum absolute atomic E-state index is 0.0375. The number of nitrogens with two attached hydrogens (primary N) is 1. The summed E-state index contributed by atoms with van der Waals surface area (Å²) in [6, 6.07) is 7.38. The lowest BCUT2D eigenvalue weighted by Crippen LogP contribution is -2.45. The number of nitro benzene ring substituents is 1. The number of likely N-dealkylation sites (tertiary alicyclic amines) is 1. The Kier molecular flexibility index (Phi) is 4.50. The van der Waals surface area contributed by atoms with Crippen LogP contribution in [-0.4, -0.2) is 29.0 Å². The quantitative estimate of drug-likeness (QED) is 0.669. The van der Waals surface area contributed by atoms with Crippen LogP contribution < -0.4 is 5.73 Å². The Labute approximate surface area is 113 Å². The summed E-state index contributed by atoms with van der Waals surface area (Å²) >= 11 is 0. The number of hydrogen-bond donors (Lipinski definition) is 1. The van der Waals surface area contributed by atoms with E-state index in [4.69, 9.17) is 5.73 Å². The third kappa shape index (κ3) is 2.93. The Hall–Kier alpha value is -1.46. The fraction of sp³-hybridized carbons (Fsp3) is 0.571. The number of nitro groups is 1. The van der Waals surface area contributed by atoms with Crippen molar-refractivity contribution in [1.29, 1.82) is 0 Å². The predicted molar refractivity (Wildman–Crippen MR) is 74.9 cm³/mol. The first-order chi connectivity index (χ1) is 9.15. The Morgan fingerprint density at radius 1 is 1.47 bits per heavy atom. The average Bonchev–Trinajstić information content (AvgIpc) is 2.46. The van der Waals surface area contributed by atoms with Gasteiger partial charge in [0.2, 0.25) is 0 Å². The normalized spacial score (nSPS) is 22.1. The van der Waals surface area contributed by atoms with Crippen LogP contribution in [-0.2, 0) is 0 Å². The van der Waals surface area contributed by atoms with Gasteiger partial charge in [-0.3, -0.25) is 15.0 Å². The van der Waals surface area contributed by atoms with Crippen molar-refractivity contribution in [2.24, 2.45) is 5.73 Å². The van der Waals surface area contributed by atoms with Crippen LogP contribution in [0.4, 0.5) is 5.69 Å². The lowest BCUT2D eigenvalue weighted by atomic mass is 9.96. The minimum atomic E-state index is -0.298. The molecule has 1 aliphatic heterocycles. The Bertz CT molecular complexity index is 450. The largest absolute Gasteiger partial charge is 0.329 e. The molecule has 0 saturated carbocycles.